The van der Waals surface area contributed by atoms with Crippen molar-refractivity contribution in [2.24, 2.45) is 0 Å². The van der Waals surface area contributed by atoms with Gasteiger partial charge in [0.1, 0.15) is 6.04 Å². The first kappa shape index (κ1) is 25.3. The molecule has 3 aromatic carbocycles. The number of rotatable bonds is 6. The molecule has 0 saturated carbocycles. The number of halogens is 2. The number of likely N-dealkylation sites (tertiary alicyclic amines) is 1. The molecule has 1 amide bonds. The van der Waals surface area contributed by atoms with Crippen LogP contribution in [-0.4, -0.2) is 42.6 Å². The molecule has 0 aliphatic carbocycles. The summed E-state index contributed by atoms with van der Waals surface area (Å²) in [6, 6.07) is 13.1. The smallest absolute Gasteiger partial charge is 0.326 e. The highest BCUT2D eigenvalue weighted by atomic mass is 32.2. The Balaban J connectivity index is 1.67. The fraction of sp³-hybridized carbons (Fsp3) is 0.231. The van der Waals surface area contributed by atoms with E-state index in [1.54, 1.807) is 31.2 Å². The molecule has 0 bridgehead atoms. The second-order valence-electron chi connectivity index (χ2n) is 8.73. The summed E-state index contributed by atoms with van der Waals surface area (Å²) in [5.74, 6) is -3.99. The summed E-state index contributed by atoms with van der Waals surface area (Å²) in [4.78, 5) is 26.4. The molecule has 1 fully saturated rings. The summed E-state index contributed by atoms with van der Waals surface area (Å²) >= 11 is 0. The van der Waals surface area contributed by atoms with Crippen molar-refractivity contribution in [2.45, 2.75) is 31.8 Å². The van der Waals surface area contributed by atoms with Crippen LogP contribution >= 0.6 is 0 Å². The van der Waals surface area contributed by atoms with E-state index >= 15 is 0 Å². The van der Waals surface area contributed by atoms with Gasteiger partial charge >= 0.3 is 5.97 Å². The van der Waals surface area contributed by atoms with Crippen LogP contribution in [0.2, 0.25) is 0 Å². The summed E-state index contributed by atoms with van der Waals surface area (Å²) in [7, 11) is -3.47. The zero-order valence-corrected chi connectivity index (χ0v) is 20.4. The van der Waals surface area contributed by atoms with E-state index in [-0.39, 0.29) is 24.0 Å². The molecule has 1 aliphatic rings. The number of carbonyl (C=O) groups is 2. The van der Waals surface area contributed by atoms with Gasteiger partial charge in [0.05, 0.1) is 18.0 Å². The summed E-state index contributed by atoms with van der Waals surface area (Å²) in [6.45, 7) is 1.77. The number of sulfonamides is 1. The van der Waals surface area contributed by atoms with Gasteiger partial charge in [-0.25, -0.2) is 22.0 Å². The lowest BCUT2D eigenvalue weighted by molar-refractivity contribution is -0.141. The number of hydrogen-bond donors (Lipinski definition) is 2. The first-order chi connectivity index (χ1) is 17.0. The molecule has 3 aromatic rings. The predicted octanol–water partition coefficient (Wildman–Crippen LogP) is 4.74. The number of amides is 1. The standard InChI is InChI=1S/C26H24F2N2O5S/c1-15-18(5-4-8-21(15)29-36(2,34)35)16-9-11-17(12-10-16)25(31)30-22(13-14-23(30)26(32)33)19-6-3-7-20(27)24(19)28/h3-12,22-23,29H,13-14H2,1-2H3,(H,32,33)/t22-,23+/m1/s1. The van der Waals surface area contributed by atoms with Gasteiger partial charge in [-0.1, -0.05) is 36.4 Å². The van der Waals surface area contributed by atoms with E-state index in [4.69, 9.17) is 0 Å². The van der Waals surface area contributed by atoms with Crippen molar-refractivity contribution in [3.63, 3.8) is 0 Å². The molecule has 0 radical (unpaired) electrons. The number of carboxylic acid groups (broad SMARTS) is 1. The number of nitrogens with one attached hydrogen (secondary N) is 1. The van der Waals surface area contributed by atoms with Gasteiger partial charge in [0, 0.05) is 11.1 Å². The zero-order valence-electron chi connectivity index (χ0n) is 19.5. The molecule has 36 heavy (non-hydrogen) atoms. The number of benzene rings is 3. The molecule has 2 atom stereocenters. The summed E-state index contributed by atoms with van der Waals surface area (Å²) in [5.41, 5.74) is 2.70. The molecule has 0 unspecified atom stereocenters. The van der Waals surface area contributed by atoms with Crippen LogP contribution in [0.1, 0.15) is 40.4 Å². The van der Waals surface area contributed by atoms with Crippen molar-refractivity contribution in [2.75, 3.05) is 11.0 Å². The molecule has 188 valence electrons. The Labute approximate surface area is 207 Å². The van der Waals surface area contributed by atoms with Crippen LogP contribution in [0, 0.1) is 18.6 Å². The summed E-state index contributed by atoms with van der Waals surface area (Å²) in [6.07, 6.45) is 1.35. The lowest BCUT2D eigenvalue weighted by Gasteiger charge is -2.29. The number of carbonyl (C=O) groups excluding carboxylic acids is 1. The molecular formula is C26H24F2N2O5S. The van der Waals surface area contributed by atoms with Gasteiger partial charge < -0.3 is 10.0 Å². The third-order valence-electron chi connectivity index (χ3n) is 6.32. The van der Waals surface area contributed by atoms with Crippen LogP contribution in [-0.2, 0) is 14.8 Å². The van der Waals surface area contributed by atoms with Gasteiger partial charge in [-0.3, -0.25) is 9.52 Å². The molecule has 0 aromatic heterocycles. The Hall–Kier alpha value is -3.79. The first-order valence-corrected chi connectivity index (χ1v) is 13.0. The average Bonchev–Trinajstić information content (AvgIpc) is 3.26. The van der Waals surface area contributed by atoms with E-state index in [0.717, 1.165) is 22.8 Å². The van der Waals surface area contributed by atoms with Crippen molar-refractivity contribution in [1.82, 2.24) is 4.90 Å². The zero-order chi connectivity index (χ0) is 26.2. The first-order valence-electron chi connectivity index (χ1n) is 11.1. The highest BCUT2D eigenvalue weighted by molar-refractivity contribution is 7.92. The normalized spacial score (nSPS) is 17.7. The van der Waals surface area contributed by atoms with Gasteiger partial charge in [0.25, 0.3) is 5.91 Å². The molecule has 1 saturated heterocycles. The van der Waals surface area contributed by atoms with E-state index < -0.39 is 45.6 Å². The largest absolute Gasteiger partial charge is 0.480 e. The van der Waals surface area contributed by atoms with Crippen molar-refractivity contribution in [3.8, 4) is 11.1 Å². The van der Waals surface area contributed by atoms with E-state index in [0.29, 0.717) is 16.8 Å². The Morgan fingerprint density at radius 2 is 1.67 bits per heavy atom. The maximum atomic E-state index is 14.5. The molecular weight excluding hydrogens is 490 g/mol. The van der Waals surface area contributed by atoms with Gasteiger partial charge in [-0.2, -0.15) is 0 Å². The lowest BCUT2D eigenvalue weighted by Crippen LogP contribution is -2.42. The molecule has 0 spiro atoms. The van der Waals surface area contributed by atoms with Crippen LogP contribution in [0.4, 0.5) is 14.5 Å². The fourth-order valence-corrected chi connectivity index (χ4v) is 5.24. The number of anilines is 1. The van der Waals surface area contributed by atoms with Gasteiger partial charge in [-0.05, 0) is 60.7 Å². The average molecular weight is 515 g/mol. The molecule has 10 heteroatoms. The third kappa shape index (κ3) is 4.94. The fourth-order valence-electron chi connectivity index (χ4n) is 4.62. The molecule has 1 heterocycles. The minimum atomic E-state index is -3.47. The maximum Gasteiger partial charge on any atom is 0.326 e. The number of nitrogens with zero attached hydrogens (tertiary/aromatic N) is 1. The Bertz CT molecular complexity index is 1440. The second-order valence-corrected chi connectivity index (χ2v) is 10.5. The van der Waals surface area contributed by atoms with Crippen LogP contribution < -0.4 is 4.72 Å². The summed E-state index contributed by atoms with van der Waals surface area (Å²) in [5, 5.41) is 9.69. The quantitative estimate of drug-likeness (QED) is 0.495. The number of hydrogen-bond acceptors (Lipinski definition) is 4. The van der Waals surface area contributed by atoms with Gasteiger partial charge in [0.15, 0.2) is 11.6 Å². The van der Waals surface area contributed by atoms with Crippen LogP contribution in [0.25, 0.3) is 11.1 Å². The molecule has 4 rings (SSSR count). The van der Waals surface area contributed by atoms with Crippen LogP contribution in [0.3, 0.4) is 0 Å². The third-order valence-corrected chi connectivity index (χ3v) is 6.91. The number of carboxylic acids is 1. The maximum absolute atomic E-state index is 14.5. The highest BCUT2D eigenvalue weighted by Gasteiger charge is 2.43. The predicted molar refractivity (Wildman–Crippen MR) is 131 cm³/mol. The Kier molecular flexibility index (Phi) is 6.81. The van der Waals surface area contributed by atoms with E-state index in [1.165, 1.54) is 24.3 Å². The van der Waals surface area contributed by atoms with Crippen LogP contribution in [0.15, 0.2) is 60.7 Å². The monoisotopic (exact) mass is 514 g/mol. The highest BCUT2D eigenvalue weighted by Crippen LogP contribution is 2.39. The number of aliphatic carboxylic acids is 1. The summed E-state index contributed by atoms with van der Waals surface area (Å²) < 4.78 is 54.2. The van der Waals surface area contributed by atoms with Gasteiger partial charge in [0.2, 0.25) is 10.0 Å². The Morgan fingerprint density at radius 1 is 1.00 bits per heavy atom. The van der Waals surface area contributed by atoms with Crippen molar-refractivity contribution in [1.29, 1.82) is 0 Å². The van der Waals surface area contributed by atoms with E-state index in [2.05, 4.69) is 4.72 Å². The molecule has 1 aliphatic heterocycles. The van der Waals surface area contributed by atoms with Crippen molar-refractivity contribution < 1.29 is 31.9 Å². The second kappa shape index (κ2) is 9.69. The topological polar surface area (TPSA) is 104 Å². The molecule has 2 N–H and O–H groups in total. The van der Waals surface area contributed by atoms with E-state index in [1.807, 2.05) is 6.07 Å². The minimum Gasteiger partial charge on any atom is -0.480 e. The SMILES string of the molecule is Cc1c(NS(C)(=O)=O)cccc1-c1ccc(C(=O)N2[C@@H](c3cccc(F)c3F)CC[C@H]2C(=O)O)cc1. The van der Waals surface area contributed by atoms with E-state index in [9.17, 15) is 31.9 Å². The lowest BCUT2D eigenvalue weighted by atomic mass is 9.98. The minimum absolute atomic E-state index is 0.0606. The van der Waals surface area contributed by atoms with Gasteiger partial charge in [-0.15, -0.1) is 0 Å². The van der Waals surface area contributed by atoms with Crippen LogP contribution in [0.5, 0.6) is 0 Å². The Morgan fingerprint density at radius 3 is 2.31 bits per heavy atom. The van der Waals surface area contributed by atoms with Crippen molar-refractivity contribution >= 4 is 27.6 Å². The van der Waals surface area contributed by atoms with Crippen molar-refractivity contribution in [3.05, 3.63) is 89.0 Å². The molecule has 7 nitrogen and oxygen atoms in total.